The molecule has 0 bridgehead atoms. The van der Waals surface area contributed by atoms with Crippen molar-refractivity contribution in [3.05, 3.63) is 84.4 Å². The van der Waals surface area contributed by atoms with Crippen molar-refractivity contribution in [3.8, 4) is 11.5 Å². The second-order valence-electron chi connectivity index (χ2n) is 8.70. The lowest BCUT2D eigenvalue weighted by molar-refractivity contribution is -0.114. The molecule has 0 aromatic heterocycles. The number of nitrogens with zero attached hydrogens (tertiary/aromatic N) is 1. The molecule has 0 spiro atoms. The van der Waals surface area contributed by atoms with Crippen LogP contribution in [-0.4, -0.2) is 49.6 Å². The summed E-state index contributed by atoms with van der Waals surface area (Å²) in [6.07, 6.45) is 4.42. The molecule has 4 rings (SSSR count). The van der Waals surface area contributed by atoms with Gasteiger partial charge in [0.25, 0.3) is 5.91 Å². The lowest BCUT2D eigenvalue weighted by Gasteiger charge is -2.20. The SMILES string of the molecule is O=C(CNc1ccccc1OCCOc1ccccc1)Nc1cccc(C(=O)N2CCCCCC2)c1. The Morgan fingerprint density at radius 2 is 1.50 bits per heavy atom. The number of anilines is 2. The smallest absolute Gasteiger partial charge is 0.253 e. The highest BCUT2D eigenvalue weighted by atomic mass is 16.5. The average Bonchev–Trinajstić information content (AvgIpc) is 3.21. The van der Waals surface area contributed by atoms with Gasteiger partial charge in [-0.1, -0.05) is 49.2 Å². The molecule has 7 heteroatoms. The van der Waals surface area contributed by atoms with Gasteiger partial charge in [-0.05, 0) is 55.3 Å². The third kappa shape index (κ3) is 7.50. The minimum absolute atomic E-state index is 0.0217. The fourth-order valence-corrected chi connectivity index (χ4v) is 4.13. The van der Waals surface area contributed by atoms with E-state index in [2.05, 4.69) is 10.6 Å². The molecule has 188 valence electrons. The molecule has 1 fully saturated rings. The van der Waals surface area contributed by atoms with Crippen LogP contribution in [0.2, 0.25) is 0 Å². The van der Waals surface area contributed by atoms with Crippen LogP contribution in [0.3, 0.4) is 0 Å². The number of likely N-dealkylation sites (tertiary alicyclic amines) is 1. The summed E-state index contributed by atoms with van der Waals surface area (Å²) in [5, 5.41) is 6.01. The van der Waals surface area contributed by atoms with Gasteiger partial charge in [-0.3, -0.25) is 9.59 Å². The molecule has 3 aromatic rings. The van der Waals surface area contributed by atoms with E-state index >= 15 is 0 Å². The molecule has 0 atom stereocenters. The van der Waals surface area contributed by atoms with Crippen LogP contribution < -0.4 is 20.1 Å². The summed E-state index contributed by atoms with van der Waals surface area (Å²) in [5.74, 6) is 1.25. The van der Waals surface area contributed by atoms with Gasteiger partial charge in [-0.15, -0.1) is 0 Å². The van der Waals surface area contributed by atoms with E-state index in [1.807, 2.05) is 59.5 Å². The Balaban J connectivity index is 1.26. The van der Waals surface area contributed by atoms with Crippen LogP contribution in [0.25, 0.3) is 0 Å². The highest BCUT2D eigenvalue weighted by molar-refractivity contribution is 5.98. The first-order valence-corrected chi connectivity index (χ1v) is 12.5. The van der Waals surface area contributed by atoms with Crippen molar-refractivity contribution in [3.63, 3.8) is 0 Å². The third-order valence-corrected chi connectivity index (χ3v) is 5.97. The Hall–Kier alpha value is -4.00. The minimum Gasteiger partial charge on any atom is -0.490 e. The molecule has 0 radical (unpaired) electrons. The Morgan fingerprint density at radius 1 is 0.778 bits per heavy atom. The molecule has 36 heavy (non-hydrogen) atoms. The number of carbonyl (C=O) groups is 2. The lowest BCUT2D eigenvalue weighted by atomic mass is 10.1. The van der Waals surface area contributed by atoms with Crippen LogP contribution in [0.5, 0.6) is 11.5 Å². The predicted octanol–water partition coefficient (Wildman–Crippen LogP) is 5.21. The topological polar surface area (TPSA) is 79.9 Å². The van der Waals surface area contributed by atoms with E-state index in [4.69, 9.17) is 9.47 Å². The maximum Gasteiger partial charge on any atom is 0.253 e. The van der Waals surface area contributed by atoms with E-state index in [-0.39, 0.29) is 18.4 Å². The fourth-order valence-electron chi connectivity index (χ4n) is 4.13. The van der Waals surface area contributed by atoms with Gasteiger partial charge < -0.3 is 25.0 Å². The number of carbonyl (C=O) groups excluding carboxylic acids is 2. The van der Waals surface area contributed by atoms with Gasteiger partial charge in [-0.25, -0.2) is 0 Å². The van der Waals surface area contributed by atoms with Gasteiger partial charge in [0, 0.05) is 24.3 Å². The molecule has 1 saturated heterocycles. The van der Waals surface area contributed by atoms with Crippen LogP contribution in [0.15, 0.2) is 78.9 Å². The first-order chi connectivity index (χ1) is 17.7. The number of ether oxygens (including phenoxy) is 2. The number of rotatable bonds is 10. The summed E-state index contributed by atoms with van der Waals surface area (Å²) in [4.78, 5) is 27.4. The second-order valence-corrected chi connectivity index (χ2v) is 8.70. The summed E-state index contributed by atoms with van der Waals surface area (Å²) in [6.45, 7) is 2.42. The third-order valence-electron chi connectivity index (χ3n) is 5.97. The number of para-hydroxylation sites is 3. The molecule has 2 amide bonds. The normalized spacial score (nSPS) is 13.4. The van der Waals surface area contributed by atoms with Gasteiger partial charge in [0.1, 0.15) is 24.7 Å². The van der Waals surface area contributed by atoms with Crippen molar-refractivity contribution in [1.29, 1.82) is 0 Å². The van der Waals surface area contributed by atoms with Crippen molar-refractivity contribution < 1.29 is 19.1 Å². The van der Waals surface area contributed by atoms with Gasteiger partial charge in [0.15, 0.2) is 0 Å². The van der Waals surface area contributed by atoms with E-state index in [1.54, 1.807) is 24.3 Å². The molecule has 3 aromatic carbocycles. The largest absolute Gasteiger partial charge is 0.490 e. The van der Waals surface area contributed by atoms with Crippen molar-refractivity contribution in [2.24, 2.45) is 0 Å². The molecule has 1 heterocycles. The minimum atomic E-state index is -0.211. The average molecular weight is 488 g/mol. The molecule has 0 unspecified atom stereocenters. The van der Waals surface area contributed by atoms with Crippen molar-refractivity contribution >= 4 is 23.2 Å². The fraction of sp³-hybridized carbons (Fsp3) is 0.310. The molecular formula is C29H33N3O4. The van der Waals surface area contributed by atoms with Gasteiger partial charge in [0.2, 0.25) is 5.91 Å². The highest BCUT2D eigenvalue weighted by Gasteiger charge is 2.17. The van der Waals surface area contributed by atoms with E-state index in [9.17, 15) is 9.59 Å². The summed E-state index contributed by atoms with van der Waals surface area (Å²) < 4.78 is 11.5. The van der Waals surface area contributed by atoms with Crippen LogP contribution in [0, 0.1) is 0 Å². The number of nitrogens with one attached hydrogen (secondary N) is 2. The first-order valence-electron chi connectivity index (χ1n) is 12.5. The van der Waals surface area contributed by atoms with Crippen molar-refractivity contribution in [2.75, 3.05) is 43.5 Å². The quantitative estimate of drug-likeness (QED) is 0.384. The predicted molar refractivity (Wildman–Crippen MR) is 142 cm³/mol. The molecule has 0 aliphatic carbocycles. The van der Waals surface area contributed by atoms with Crippen LogP contribution in [0.4, 0.5) is 11.4 Å². The number of hydrogen-bond donors (Lipinski definition) is 2. The van der Waals surface area contributed by atoms with Gasteiger partial charge in [0.05, 0.1) is 12.2 Å². The molecular weight excluding hydrogens is 454 g/mol. The van der Waals surface area contributed by atoms with E-state index in [0.717, 1.165) is 37.4 Å². The summed E-state index contributed by atoms with van der Waals surface area (Å²) >= 11 is 0. The number of hydrogen-bond acceptors (Lipinski definition) is 5. The van der Waals surface area contributed by atoms with Crippen molar-refractivity contribution in [1.82, 2.24) is 4.90 Å². The maximum atomic E-state index is 12.9. The van der Waals surface area contributed by atoms with Crippen LogP contribution >= 0.6 is 0 Å². The molecule has 0 saturated carbocycles. The molecule has 1 aliphatic heterocycles. The summed E-state index contributed by atoms with van der Waals surface area (Å²) in [6, 6.07) is 24.2. The second kappa shape index (κ2) is 13.2. The molecule has 2 N–H and O–H groups in total. The maximum absolute atomic E-state index is 12.9. The van der Waals surface area contributed by atoms with E-state index < -0.39 is 0 Å². The first kappa shape index (κ1) is 25.1. The zero-order valence-corrected chi connectivity index (χ0v) is 20.4. The molecule has 1 aliphatic rings. The lowest BCUT2D eigenvalue weighted by Crippen LogP contribution is -2.31. The Labute approximate surface area is 212 Å². The zero-order chi connectivity index (χ0) is 25.0. The monoisotopic (exact) mass is 487 g/mol. The van der Waals surface area contributed by atoms with Crippen LogP contribution in [-0.2, 0) is 4.79 Å². The van der Waals surface area contributed by atoms with Gasteiger partial charge in [-0.2, -0.15) is 0 Å². The molecule has 7 nitrogen and oxygen atoms in total. The number of benzene rings is 3. The standard InChI is InChI=1S/C29H33N3O4/c33-28(31-24-12-10-11-23(21-24)29(34)32-17-8-1-2-9-18-32)22-30-26-15-6-7-16-27(26)36-20-19-35-25-13-4-3-5-14-25/h3-7,10-16,21,30H,1-2,8-9,17-20,22H2,(H,31,33). The Kier molecular flexibility index (Phi) is 9.19. The van der Waals surface area contributed by atoms with E-state index in [0.29, 0.717) is 30.2 Å². The van der Waals surface area contributed by atoms with Gasteiger partial charge >= 0.3 is 0 Å². The van der Waals surface area contributed by atoms with E-state index in [1.165, 1.54) is 12.8 Å². The Bertz CT molecular complexity index is 1130. The highest BCUT2D eigenvalue weighted by Crippen LogP contribution is 2.24. The Morgan fingerprint density at radius 3 is 2.31 bits per heavy atom. The van der Waals surface area contributed by atoms with Crippen LogP contribution in [0.1, 0.15) is 36.0 Å². The summed E-state index contributed by atoms with van der Waals surface area (Å²) in [7, 11) is 0. The zero-order valence-electron chi connectivity index (χ0n) is 20.4. The number of amides is 2. The van der Waals surface area contributed by atoms with Crippen molar-refractivity contribution in [2.45, 2.75) is 25.7 Å². The summed E-state index contributed by atoms with van der Waals surface area (Å²) in [5.41, 5.74) is 1.92.